The maximum Gasteiger partial charge on any atom is 0.226 e. The Balaban J connectivity index is 1.88. The number of nitrogens with zero attached hydrogens (tertiary/aromatic N) is 1. The van der Waals surface area contributed by atoms with Crippen LogP contribution in [0.4, 0.5) is 4.39 Å². The van der Waals surface area contributed by atoms with Crippen LogP contribution in [0.15, 0.2) is 30.3 Å². The average molecular weight is 277 g/mol. The Kier molecular flexibility index (Phi) is 4.90. The Hall–Kier alpha value is -1.68. The summed E-state index contributed by atoms with van der Waals surface area (Å²) in [7, 11) is 0. The zero-order valence-electron chi connectivity index (χ0n) is 11.6. The number of likely N-dealkylation sites (tertiary alicyclic amines) is 1. The molecule has 1 aromatic carbocycles. The van der Waals surface area contributed by atoms with Crippen LogP contribution in [0.25, 0.3) is 6.08 Å². The molecule has 1 amide bonds. The molecule has 0 aromatic heterocycles. The molecule has 2 unspecified atom stereocenters. The predicted molar refractivity (Wildman–Crippen MR) is 76.4 cm³/mol. The van der Waals surface area contributed by atoms with E-state index in [2.05, 4.69) is 0 Å². The topological polar surface area (TPSA) is 40.5 Å². The smallest absolute Gasteiger partial charge is 0.226 e. The lowest BCUT2D eigenvalue weighted by Crippen LogP contribution is -2.45. The van der Waals surface area contributed by atoms with Crippen molar-refractivity contribution in [3.8, 4) is 0 Å². The van der Waals surface area contributed by atoms with Gasteiger partial charge in [-0.15, -0.1) is 0 Å². The third-order valence-corrected chi connectivity index (χ3v) is 3.77. The van der Waals surface area contributed by atoms with E-state index >= 15 is 0 Å². The number of halogens is 1. The molecule has 1 aliphatic heterocycles. The van der Waals surface area contributed by atoms with Gasteiger partial charge >= 0.3 is 0 Å². The van der Waals surface area contributed by atoms with Crippen molar-refractivity contribution >= 4 is 12.0 Å². The van der Waals surface area contributed by atoms with Gasteiger partial charge in [-0.1, -0.05) is 37.3 Å². The summed E-state index contributed by atoms with van der Waals surface area (Å²) in [4.78, 5) is 13.7. The summed E-state index contributed by atoms with van der Waals surface area (Å²) >= 11 is 0. The third kappa shape index (κ3) is 3.67. The number of amides is 1. The van der Waals surface area contributed by atoms with Crippen LogP contribution in [0.2, 0.25) is 0 Å². The molecule has 1 saturated heterocycles. The van der Waals surface area contributed by atoms with Gasteiger partial charge in [-0.3, -0.25) is 4.79 Å². The molecule has 0 spiro atoms. The summed E-state index contributed by atoms with van der Waals surface area (Å²) in [6.07, 6.45) is 3.91. The molecule has 0 aliphatic carbocycles. The number of carbonyl (C=O) groups excluding carboxylic acids is 1. The summed E-state index contributed by atoms with van der Waals surface area (Å²) in [5, 5.41) is 9.78. The minimum absolute atomic E-state index is 0.0245. The van der Waals surface area contributed by atoms with Gasteiger partial charge in [0.05, 0.1) is 6.10 Å². The molecule has 20 heavy (non-hydrogen) atoms. The summed E-state index contributed by atoms with van der Waals surface area (Å²) in [6.45, 7) is 3.07. The lowest BCUT2D eigenvalue weighted by Gasteiger charge is -2.34. The van der Waals surface area contributed by atoms with Crippen LogP contribution < -0.4 is 0 Å². The number of hydrogen-bond acceptors (Lipinski definition) is 2. The Morgan fingerprint density at radius 3 is 2.95 bits per heavy atom. The fourth-order valence-corrected chi connectivity index (χ4v) is 2.30. The summed E-state index contributed by atoms with van der Waals surface area (Å²) in [6, 6.07) is 6.45. The molecule has 2 atom stereocenters. The molecule has 1 aromatic rings. The van der Waals surface area contributed by atoms with Gasteiger partial charge in [0.1, 0.15) is 5.82 Å². The van der Waals surface area contributed by atoms with E-state index in [1.807, 2.05) is 6.92 Å². The highest BCUT2D eigenvalue weighted by molar-refractivity contribution is 5.78. The van der Waals surface area contributed by atoms with Crippen LogP contribution in [0.1, 0.15) is 25.3 Å². The normalized spacial score (nSPS) is 23.2. The van der Waals surface area contributed by atoms with Gasteiger partial charge in [0, 0.05) is 25.1 Å². The number of β-amino-alcohol motifs (C(OH)–C–C–N with tert-alkyl or cyclic N) is 1. The fourth-order valence-electron chi connectivity index (χ4n) is 2.30. The number of benzene rings is 1. The largest absolute Gasteiger partial charge is 0.391 e. The standard InChI is InChI=1S/C16H20FNO2/c1-12-9-10-18(11-15(12)19)16(20)8-4-6-13-5-2-3-7-14(13)17/h2-7,12,15,19H,8-11H2,1H3/b6-4+. The van der Waals surface area contributed by atoms with E-state index in [4.69, 9.17) is 0 Å². The van der Waals surface area contributed by atoms with Gasteiger partial charge in [0.25, 0.3) is 0 Å². The second-order valence-electron chi connectivity index (χ2n) is 5.30. The van der Waals surface area contributed by atoms with E-state index in [-0.39, 0.29) is 24.1 Å². The van der Waals surface area contributed by atoms with E-state index in [9.17, 15) is 14.3 Å². The van der Waals surface area contributed by atoms with Crippen molar-refractivity contribution in [1.29, 1.82) is 0 Å². The second-order valence-corrected chi connectivity index (χ2v) is 5.30. The lowest BCUT2D eigenvalue weighted by molar-refractivity contribution is -0.134. The fraction of sp³-hybridized carbons (Fsp3) is 0.438. The van der Waals surface area contributed by atoms with Crippen molar-refractivity contribution < 1.29 is 14.3 Å². The minimum atomic E-state index is -0.441. The molecule has 4 heteroatoms. The molecule has 2 rings (SSSR count). The molecule has 0 bridgehead atoms. The Morgan fingerprint density at radius 2 is 2.25 bits per heavy atom. The molecule has 0 saturated carbocycles. The van der Waals surface area contributed by atoms with Gasteiger partial charge in [0.2, 0.25) is 5.91 Å². The Morgan fingerprint density at radius 1 is 1.50 bits per heavy atom. The highest BCUT2D eigenvalue weighted by atomic mass is 19.1. The predicted octanol–water partition coefficient (Wildman–Crippen LogP) is 2.46. The first-order chi connectivity index (χ1) is 9.58. The average Bonchev–Trinajstić information content (AvgIpc) is 2.44. The second kappa shape index (κ2) is 6.66. The van der Waals surface area contributed by atoms with Crippen molar-refractivity contribution in [2.75, 3.05) is 13.1 Å². The zero-order valence-corrected chi connectivity index (χ0v) is 11.6. The number of rotatable bonds is 3. The van der Waals surface area contributed by atoms with Crippen LogP contribution in [0.3, 0.4) is 0 Å². The highest BCUT2D eigenvalue weighted by Gasteiger charge is 2.26. The first-order valence-corrected chi connectivity index (χ1v) is 6.95. The number of piperidine rings is 1. The van der Waals surface area contributed by atoms with Crippen LogP contribution in [-0.4, -0.2) is 35.1 Å². The first-order valence-electron chi connectivity index (χ1n) is 6.95. The summed E-state index contributed by atoms with van der Waals surface area (Å²) in [5.74, 6) is -0.0741. The monoisotopic (exact) mass is 277 g/mol. The lowest BCUT2D eigenvalue weighted by atomic mass is 9.96. The van der Waals surface area contributed by atoms with E-state index in [0.717, 1.165) is 6.42 Å². The molecule has 1 aliphatic rings. The van der Waals surface area contributed by atoms with Crippen LogP contribution in [-0.2, 0) is 4.79 Å². The Labute approximate surface area is 118 Å². The third-order valence-electron chi connectivity index (χ3n) is 3.77. The van der Waals surface area contributed by atoms with E-state index in [1.54, 1.807) is 35.3 Å². The summed E-state index contributed by atoms with van der Waals surface area (Å²) < 4.78 is 13.4. The molecule has 1 N–H and O–H groups in total. The van der Waals surface area contributed by atoms with Crippen LogP contribution >= 0.6 is 0 Å². The maximum absolute atomic E-state index is 13.4. The molecule has 3 nitrogen and oxygen atoms in total. The molecule has 108 valence electrons. The van der Waals surface area contributed by atoms with Gasteiger partial charge < -0.3 is 10.0 Å². The molecular weight excluding hydrogens is 257 g/mol. The number of carbonyl (C=O) groups is 1. The zero-order chi connectivity index (χ0) is 14.5. The molecule has 1 fully saturated rings. The Bertz CT molecular complexity index is 501. The van der Waals surface area contributed by atoms with Crippen molar-refractivity contribution in [2.45, 2.75) is 25.9 Å². The van der Waals surface area contributed by atoms with Crippen LogP contribution in [0.5, 0.6) is 0 Å². The van der Waals surface area contributed by atoms with Crippen molar-refractivity contribution in [2.24, 2.45) is 5.92 Å². The maximum atomic E-state index is 13.4. The first kappa shape index (κ1) is 14.7. The molecule has 0 radical (unpaired) electrons. The van der Waals surface area contributed by atoms with E-state index in [1.165, 1.54) is 6.07 Å². The highest BCUT2D eigenvalue weighted by Crippen LogP contribution is 2.18. The van der Waals surface area contributed by atoms with Gasteiger partial charge in [-0.2, -0.15) is 0 Å². The SMILES string of the molecule is CC1CCN(C(=O)C/C=C/c2ccccc2F)CC1O. The van der Waals surface area contributed by atoms with Crippen molar-refractivity contribution in [3.63, 3.8) is 0 Å². The van der Waals surface area contributed by atoms with E-state index in [0.29, 0.717) is 18.7 Å². The van der Waals surface area contributed by atoms with Crippen molar-refractivity contribution in [3.05, 3.63) is 41.7 Å². The van der Waals surface area contributed by atoms with Gasteiger partial charge in [-0.05, 0) is 18.4 Å². The van der Waals surface area contributed by atoms with Gasteiger partial charge in [0.15, 0.2) is 0 Å². The van der Waals surface area contributed by atoms with Crippen molar-refractivity contribution in [1.82, 2.24) is 4.90 Å². The van der Waals surface area contributed by atoms with Gasteiger partial charge in [-0.25, -0.2) is 4.39 Å². The minimum Gasteiger partial charge on any atom is -0.391 e. The molecule has 1 heterocycles. The number of aliphatic hydroxyl groups excluding tert-OH is 1. The quantitative estimate of drug-likeness (QED) is 0.922. The number of aliphatic hydroxyl groups is 1. The van der Waals surface area contributed by atoms with Crippen LogP contribution in [0, 0.1) is 11.7 Å². The number of hydrogen-bond donors (Lipinski definition) is 1. The van der Waals surface area contributed by atoms with E-state index < -0.39 is 6.10 Å². The summed E-state index contributed by atoms with van der Waals surface area (Å²) in [5.41, 5.74) is 0.479. The molecular formula is C16H20FNO2.